The molecule has 1 saturated heterocycles. The minimum absolute atomic E-state index is 0.0394. The van der Waals surface area contributed by atoms with Gasteiger partial charge in [0.15, 0.2) is 11.9 Å². The fourth-order valence-corrected chi connectivity index (χ4v) is 12.9. The summed E-state index contributed by atoms with van der Waals surface area (Å²) in [5.74, 6) is 3.60. The third-order valence-electron chi connectivity index (χ3n) is 16.0. The number of nitrogens with zero attached hydrogens (tertiary/aromatic N) is 2. The van der Waals surface area contributed by atoms with Gasteiger partial charge in [-0.1, -0.05) is 37.3 Å². The molecule has 10 nitrogen and oxygen atoms in total. The van der Waals surface area contributed by atoms with Crippen molar-refractivity contribution in [3.8, 4) is 0 Å². The molecule has 12 atom stereocenters. The highest BCUT2D eigenvalue weighted by Gasteiger charge is 2.67. The molecule has 8 N–H and O–H groups in total. The molecule has 1 aliphatic heterocycles. The number of aliphatic hydroxyl groups is 2. The molecule has 12 unspecified atom stereocenters. The van der Waals surface area contributed by atoms with Crippen molar-refractivity contribution in [1.29, 1.82) is 0 Å². The van der Waals surface area contributed by atoms with E-state index in [9.17, 15) is 10.2 Å². The Morgan fingerprint density at radius 1 is 1.02 bits per heavy atom. The lowest BCUT2D eigenvalue weighted by molar-refractivity contribution is -0.0697. The van der Waals surface area contributed by atoms with Crippen LogP contribution < -0.4 is 22.1 Å². The number of guanidine groups is 2. The van der Waals surface area contributed by atoms with Crippen molar-refractivity contribution in [3.63, 3.8) is 0 Å². The van der Waals surface area contributed by atoms with E-state index < -0.39 is 5.60 Å². The number of hydrogen-bond donors (Lipinski definition) is 6. The van der Waals surface area contributed by atoms with Crippen LogP contribution in [0.4, 0.5) is 0 Å². The molecule has 6 fully saturated rings. The number of ether oxygens (including phenoxy) is 1. The number of aliphatic imine (C=N–C) groups is 2. The Morgan fingerprint density at radius 3 is 2.67 bits per heavy atom. The van der Waals surface area contributed by atoms with Crippen LogP contribution in [-0.4, -0.2) is 65.3 Å². The van der Waals surface area contributed by atoms with Crippen LogP contribution in [0, 0.1) is 40.4 Å². The molecule has 10 heteroatoms. The predicted octanol–water partition coefficient (Wildman–Crippen LogP) is 6.93. The van der Waals surface area contributed by atoms with E-state index in [4.69, 9.17) is 32.2 Å². The number of nitrogens with two attached hydrogens (primary N) is 2. The van der Waals surface area contributed by atoms with Crippen LogP contribution in [0.5, 0.6) is 0 Å². The van der Waals surface area contributed by atoms with Crippen LogP contribution >= 0.6 is 0 Å². The molecule has 1 aromatic heterocycles. The highest BCUT2D eigenvalue weighted by atomic mass is 16.6. The van der Waals surface area contributed by atoms with Gasteiger partial charge in [-0.2, -0.15) is 0 Å². The van der Waals surface area contributed by atoms with Crippen LogP contribution in [0.15, 0.2) is 57.3 Å². The molecular formula is C45H68N6O4. The lowest BCUT2D eigenvalue weighted by Gasteiger charge is -2.58. The molecule has 8 rings (SSSR count). The summed E-state index contributed by atoms with van der Waals surface area (Å²) >= 11 is 0. The molecular weight excluding hydrogens is 689 g/mol. The Hall–Kier alpha value is -3.08. The summed E-state index contributed by atoms with van der Waals surface area (Å²) < 4.78 is 12.2. The summed E-state index contributed by atoms with van der Waals surface area (Å²) in [5.41, 5.74) is 15.2. The van der Waals surface area contributed by atoms with E-state index >= 15 is 0 Å². The van der Waals surface area contributed by atoms with Gasteiger partial charge in [-0.15, -0.1) is 0 Å². The van der Waals surface area contributed by atoms with Crippen molar-refractivity contribution in [2.75, 3.05) is 13.6 Å². The minimum Gasteiger partial charge on any atom is -0.471 e. The second-order valence-corrected chi connectivity index (χ2v) is 19.5. The largest absolute Gasteiger partial charge is 0.471 e. The Bertz CT molecular complexity index is 1780. The number of fused-ring (bicyclic) bond motifs is 4. The second-order valence-electron chi connectivity index (χ2n) is 19.5. The normalized spacial score (nSPS) is 41.2. The van der Waals surface area contributed by atoms with Gasteiger partial charge in [0.25, 0.3) is 0 Å². The SMILES string of the molecule is C=C1CC2(CCC(CCC3(O)CCCC(O)C3)C2)C2OC2(C)CCC2C1CC2(C)C1CCC(C(NC(N)=NC)NC(N)=NCCc2cccc3cocc23)C1. The summed E-state index contributed by atoms with van der Waals surface area (Å²) in [4.78, 5) is 8.94. The maximum absolute atomic E-state index is 11.3. The molecule has 1 spiro atoms. The van der Waals surface area contributed by atoms with Crippen molar-refractivity contribution in [3.05, 3.63) is 48.4 Å². The van der Waals surface area contributed by atoms with E-state index in [-0.39, 0.29) is 28.7 Å². The standard InChI is InChI=1S/C45H68N6O4/c1-28-22-44(18-12-29(23-44)13-19-45(53)16-6-9-34(52)24-45)39-43(3,55-39)17-14-37-35(28)25-42(37,2)33-11-10-31(21-33)38(50-40(46)48-4)51-41(47)49-20-15-30-7-5-8-32-26-54-27-36(30)32/h5,7-8,26-27,29,31,33-35,37-39,52-53H,1,6,9-25H2,2-4H3,(H3,46,48,50)(H3,47,49,51). The fraction of sp³-hybridized carbons (Fsp3) is 0.733. The monoisotopic (exact) mass is 757 g/mol. The molecule has 5 aliphatic carbocycles. The first-order valence-electron chi connectivity index (χ1n) is 21.6. The zero-order valence-corrected chi connectivity index (χ0v) is 33.7. The number of benzene rings is 1. The highest BCUT2D eigenvalue weighted by Crippen LogP contribution is 2.69. The Labute approximate surface area is 328 Å². The average molecular weight is 757 g/mol. The summed E-state index contributed by atoms with van der Waals surface area (Å²) in [6.07, 6.45) is 20.8. The van der Waals surface area contributed by atoms with E-state index in [1.165, 1.54) is 49.7 Å². The molecule has 2 heterocycles. The molecule has 55 heavy (non-hydrogen) atoms. The van der Waals surface area contributed by atoms with E-state index in [0.29, 0.717) is 60.6 Å². The minimum atomic E-state index is -0.692. The maximum Gasteiger partial charge on any atom is 0.190 e. The lowest BCUT2D eigenvalue weighted by Crippen LogP contribution is -2.56. The summed E-state index contributed by atoms with van der Waals surface area (Å²) in [6.45, 7) is 10.4. The second kappa shape index (κ2) is 15.0. The molecule has 0 bridgehead atoms. The number of rotatable bonds is 10. The lowest BCUT2D eigenvalue weighted by atomic mass is 9.46. The van der Waals surface area contributed by atoms with Crippen LogP contribution in [0.1, 0.15) is 122 Å². The van der Waals surface area contributed by atoms with E-state index in [1.807, 2.05) is 0 Å². The van der Waals surface area contributed by atoms with Crippen LogP contribution in [0.25, 0.3) is 10.8 Å². The van der Waals surface area contributed by atoms with Crippen LogP contribution in [0.2, 0.25) is 0 Å². The molecule has 5 saturated carbocycles. The fourth-order valence-electron chi connectivity index (χ4n) is 12.9. The highest BCUT2D eigenvalue weighted by molar-refractivity contribution is 5.84. The third kappa shape index (κ3) is 7.69. The van der Waals surface area contributed by atoms with Crippen molar-refractivity contribution >= 4 is 22.7 Å². The van der Waals surface area contributed by atoms with Crippen molar-refractivity contribution in [2.24, 2.45) is 61.9 Å². The molecule has 6 aliphatic rings. The van der Waals surface area contributed by atoms with Gasteiger partial charge in [0, 0.05) is 36.2 Å². The van der Waals surface area contributed by atoms with Gasteiger partial charge in [0.05, 0.1) is 35.9 Å². The van der Waals surface area contributed by atoms with Gasteiger partial charge in [0.2, 0.25) is 0 Å². The molecule has 0 amide bonds. The van der Waals surface area contributed by atoms with Gasteiger partial charge in [-0.05, 0) is 150 Å². The molecule has 302 valence electrons. The van der Waals surface area contributed by atoms with Crippen molar-refractivity contribution in [1.82, 2.24) is 10.6 Å². The van der Waals surface area contributed by atoms with Gasteiger partial charge in [-0.25, -0.2) is 0 Å². The van der Waals surface area contributed by atoms with Gasteiger partial charge in [-0.3, -0.25) is 9.98 Å². The van der Waals surface area contributed by atoms with Gasteiger partial charge in [0.1, 0.15) is 6.17 Å². The smallest absolute Gasteiger partial charge is 0.190 e. The Morgan fingerprint density at radius 2 is 1.85 bits per heavy atom. The van der Waals surface area contributed by atoms with Crippen LogP contribution in [-0.2, 0) is 11.2 Å². The van der Waals surface area contributed by atoms with Crippen LogP contribution in [0.3, 0.4) is 0 Å². The summed E-state index contributed by atoms with van der Waals surface area (Å²) in [5, 5.41) is 30.7. The first-order valence-corrected chi connectivity index (χ1v) is 21.6. The molecule has 2 aromatic rings. The van der Waals surface area contributed by atoms with Gasteiger partial charge < -0.3 is 41.5 Å². The number of allylic oxidation sites excluding steroid dienone is 1. The molecule has 0 radical (unpaired) electrons. The predicted molar refractivity (Wildman–Crippen MR) is 219 cm³/mol. The number of hydrogen-bond acceptors (Lipinski definition) is 6. The first kappa shape index (κ1) is 38.8. The quantitative estimate of drug-likeness (QED) is 0.0499. The summed E-state index contributed by atoms with van der Waals surface area (Å²) in [6, 6.07) is 6.23. The Balaban J connectivity index is 0.896. The number of furan rings is 1. The maximum atomic E-state index is 11.3. The third-order valence-corrected chi connectivity index (χ3v) is 16.0. The zero-order valence-electron chi connectivity index (χ0n) is 33.7. The van der Waals surface area contributed by atoms with Crippen molar-refractivity contribution < 1.29 is 19.4 Å². The summed E-state index contributed by atoms with van der Waals surface area (Å²) in [7, 11) is 1.71. The number of nitrogens with one attached hydrogen (secondary N) is 2. The van der Waals surface area contributed by atoms with E-state index in [1.54, 1.807) is 19.6 Å². The first-order chi connectivity index (χ1) is 26.3. The van der Waals surface area contributed by atoms with Crippen molar-refractivity contribution in [2.45, 2.75) is 153 Å². The zero-order chi connectivity index (χ0) is 38.6. The topological polar surface area (TPSA) is 167 Å². The molecule has 1 aromatic carbocycles. The van der Waals surface area contributed by atoms with E-state index in [2.05, 4.69) is 47.7 Å². The number of epoxide rings is 1. The Kier molecular flexibility index (Phi) is 10.6. The number of aliphatic hydroxyl groups excluding tert-OH is 1. The van der Waals surface area contributed by atoms with Gasteiger partial charge >= 0.3 is 0 Å². The van der Waals surface area contributed by atoms with E-state index in [0.717, 1.165) is 75.0 Å². The average Bonchev–Trinajstić information content (AvgIpc) is 3.61.